The maximum atomic E-state index is 12.4. The lowest BCUT2D eigenvalue weighted by molar-refractivity contribution is 0.432. The molecule has 0 spiro atoms. The predicted octanol–water partition coefficient (Wildman–Crippen LogP) is 3.13. The molecule has 0 amide bonds. The quantitative estimate of drug-likeness (QED) is 0.527. The summed E-state index contributed by atoms with van der Waals surface area (Å²) in [6.07, 6.45) is -0.250. The first-order valence-electron chi connectivity index (χ1n) is 7.14. The van der Waals surface area contributed by atoms with Gasteiger partial charge >= 0.3 is 0 Å². The molecule has 1 atom stereocenters. The molecule has 0 aliphatic rings. The van der Waals surface area contributed by atoms with Crippen LogP contribution in [-0.2, 0) is 24.1 Å². The highest BCUT2D eigenvalue weighted by Gasteiger charge is 2.51. The van der Waals surface area contributed by atoms with Crippen molar-refractivity contribution < 1.29 is 25.3 Å². The zero-order valence-electron chi connectivity index (χ0n) is 13.8. The molecule has 0 aliphatic carbocycles. The Balaban J connectivity index is 5.96. The molecule has 0 aromatic carbocycles. The molecule has 1 unspecified atom stereocenters. The van der Waals surface area contributed by atoms with Gasteiger partial charge in [0.05, 0.1) is 0 Å². The van der Waals surface area contributed by atoms with Gasteiger partial charge in [-0.2, -0.15) is 16.8 Å². The van der Waals surface area contributed by atoms with Crippen LogP contribution in [0.2, 0.25) is 16.6 Å². The molecule has 1 N–H and O–H groups in total. The van der Waals surface area contributed by atoms with Crippen LogP contribution in [0.4, 0.5) is 0 Å². The molecule has 0 saturated carbocycles. The fraction of sp³-hybridized carbons (Fsp3) is 1.00. The monoisotopic (exact) mass is 360 g/mol. The second kappa shape index (κ2) is 7.07. The summed E-state index contributed by atoms with van der Waals surface area (Å²) in [5.74, 6) is 0. The zero-order chi connectivity index (χ0) is 17.2. The van der Waals surface area contributed by atoms with Gasteiger partial charge < -0.3 is 3.87 Å². The Morgan fingerprint density at radius 1 is 0.905 bits per heavy atom. The van der Waals surface area contributed by atoms with E-state index in [4.69, 9.17) is 8.42 Å². The summed E-state index contributed by atoms with van der Waals surface area (Å²) in [6, 6.07) is 0. The maximum Gasteiger partial charge on any atom is 0.284 e. The van der Waals surface area contributed by atoms with Crippen LogP contribution in [0.25, 0.3) is 0 Å². The number of rotatable bonds is 8. The first-order valence-corrected chi connectivity index (χ1v) is 12.3. The van der Waals surface area contributed by atoms with Gasteiger partial charge in [0.1, 0.15) is 0 Å². The van der Waals surface area contributed by atoms with Crippen molar-refractivity contribution in [2.75, 3.05) is 0 Å². The Kier molecular flexibility index (Phi) is 7.09. The lowest BCUT2D eigenvalue weighted by atomic mass is 10.5. The standard InChI is InChI=1S/C12H28O6S2Si/c1-8-12(19(13,14)15)20(16,17)18-21(9(2)3,10(4)5)11(6)7/h9-12H,8H2,1-7H3,(H,13,14,15). The third kappa shape index (κ3) is 4.51. The van der Waals surface area contributed by atoms with E-state index in [1.54, 1.807) is 0 Å². The minimum atomic E-state index is -4.71. The minimum Gasteiger partial charge on any atom is -0.313 e. The van der Waals surface area contributed by atoms with E-state index in [0.717, 1.165) is 0 Å². The number of hydrogen-bond donors (Lipinski definition) is 1. The molecular formula is C12H28O6S2Si. The van der Waals surface area contributed by atoms with Gasteiger partial charge in [0, 0.05) is 0 Å². The third-order valence-electron chi connectivity index (χ3n) is 3.96. The molecule has 0 rings (SSSR count). The fourth-order valence-electron chi connectivity index (χ4n) is 3.11. The SMILES string of the molecule is CCC(S(=O)(=O)O)S(=O)(=O)O[Si](C(C)C)(C(C)C)C(C)C. The van der Waals surface area contributed by atoms with Crippen LogP contribution in [-0.4, -0.2) is 34.3 Å². The summed E-state index contributed by atoms with van der Waals surface area (Å²) in [7, 11) is -11.9. The summed E-state index contributed by atoms with van der Waals surface area (Å²) in [5.41, 5.74) is -0.0245. The molecule has 21 heavy (non-hydrogen) atoms. The summed E-state index contributed by atoms with van der Waals surface area (Å²) < 4.78 is 60.2. The zero-order valence-corrected chi connectivity index (χ0v) is 16.5. The van der Waals surface area contributed by atoms with Crippen LogP contribution >= 0.6 is 0 Å². The summed E-state index contributed by atoms with van der Waals surface area (Å²) in [5, 5.41) is 0. The topological polar surface area (TPSA) is 97.7 Å². The Bertz CT molecular complexity index is 514. The molecule has 0 radical (unpaired) electrons. The van der Waals surface area contributed by atoms with Crippen molar-refractivity contribution in [2.45, 2.75) is 76.1 Å². The van der Waals surface area contributed by atoms with E-state index in [-0.39, 0.29) is 23.0 Å². The van der Waals surface area contributed by atoms with Gasteiger partial charge in [0.15, 0.2) is 0 Å². The molecule has 128 valence electrons. The van der Waals surface area contributed by atoms with Crippen LogP contribution in [0.3, 0.4) is 0 Å². The highest BCUT2D eigenvalue weighted by atomic mass is 32.3. The van der Waals surface area contributed by atoms with E-state index in [2.05, 4.69) is 0 Å². The average molecular weight is 361 g/mol. The average Bonchev–Trinajstić information content (AvgIpc) is 2.22. The lowest BCUT2D eigenvalue weighted by Gasteiger charge is -2.41. The van der Waals surface area contributed by atoms with Crippen molar-refractivity contribution in [1.29, 1.82) is 0 Å². The smallest absolute Gasteiger partial charge is 0.284 e. The van der Waals surface area contributed by atoms with E-state index in [9.17, 15) is 16.8 Å². The molecule has 0 aromatic heterocycles. The van der Waals surface area contributed by atoms with E-state index < -0.39 is 33.1 Å². The molecule has 0 aliphatic heterocycles. The van der Waals surface area contributed by atoms with Crippen LogP contribution in [0, 0.1) is 0 Å². The lowest BCUT2D eigenvalue weighted by Crippen LogP contribution is -2.51. The molecule has 9 heteroatoms. The van der Waals surface area contributed by atoms with Gasteiger partial charge in [0.2, 0.25) is 12.9 Å². The van der Waals surface area contributed by atoms with Crippen molar-refractivity contribution >= 4 is 28.6 Å². The Morgan fingerprint density at radius 2 is 1.24 bits per heavy atom. The van der Waals surface area contributed by atoms with Gasteiger partial charge in [-0.25, -0.2) is 0 Å². The van der Waals surface area contributed by atoms with Crippen LogP contribution < -0.4 is 0 Å². The Labute approximate surface area is 130 Å². The van der Waals surface area contributed by atoms with Gasteiger partial charge in [-0.1, -0.05) is 48.5 Å². The molecule has 0 saturated heterocycles. The Hall–Kier alpha value is 0.0369. The summed E-state index contributed by atoms with van der Waals surface area (Å²) >= 11 is 0. The van der Waals surface area contributed by atoms with Crippen molar-refractivity contribution in [3.05, 3.63) is 0 Å². The third-order valence-corrected chi connectivity index (χ3v) is 14.9. The summed E-state index contributed by atoms with van der Waals surface area (Å²) in [6.45, 7) is 12.8. The van der Waals surface area contributed by atoms with E-state index in [0.29, 0.717) is 0 Å². The summed E-state index contributed by atoms with van der Waals surface area (Å²) in [4.78, 5) is 0. The van der Waals surface area contributed by atoms with E-state index in [1.165, 1.54) is 6.92 Å². The van der Waals surface area contributed by atoms with E-state index >= 15 is 0 Å². The largest absolute Gasteiger partial charge is 0.313 e. The van der Waals surface area contributed by atoms with Gasteiger partial charge in [-0.15, -0.1) is 0 Å². The normalized spacial score (nSPS) is 16.0. The van der Waals surface area contributed by atoms with Crippen molar-refractivity contribution in [3.63, 3.8) is 0 Å². The predicted molar refractivity (Wildman–Crippen MR) is 86.7 cm³/mol. The second-order valence-electron chi connectivity index (χ2n) is 6.25. The first kappa shape index (κ1) is 21.0. The number of hydrogen-bond acceptors (Lipinski definition) is 5. The van der Waals surface area contributed by atoms with Crippen LogP contribution in [0.5, 0.6) is 0 Å². The minimum absolute atomic E-state index is 0.00817. The van der Waals surface area contributed by atoms with Gasteiger partial charge in [-0.05, 0) is 23.0 Å². The maximum absolute atomic E-state index is 12.4. The first-order chi connectivity index (χ1) is 9.23. The highest BCUT2D eigenvalue weighted by molar-refractivity contribution is 8.04. The molecule has 6 nitrogen and oxygen atoms in total. The van der Waals surface area contributed by atoms with Crippen LogP contribution in [0.1, 0.15) is 54.9 Å². The van der Waals surface area contributed by atoms with Crippen LogP contribution in [0.15, 0.2) is 0 Å². The molecule has 0 aromatic rings. The molecular weight excluding hydrogens is 332 g/mol. The Morgan fingerprint density at radius 3 is 1.43 bits per heavy atom. The molecule has 0 fully saturated rings. The molecule has 0 bridgehead atoms. The van der Waals surface area contributed by atoms with E-state index in [1.807, 2.05) is 41.5 Å². The van der Waals surface area contributed by atoms with Crippen molar-refractivity contribution in [3.8, 4) is 0 Å². The molecule has 0 heterocycles. The highest BCUT2D eigenvalue weighted by Crippen LogP contribution is 2.44. The van der Waals surface area contributed by atoms with Gasteiger partial charge in [0.25, 0.3) is 20.2 Å². The second-order valence-corrected chi connectivity index (χ2v) is 15.5. The fourth-order valence-corrected chi connectivity index (χ4v) is 13.8. The van der Waals surface area contributed by atoms with Gasteiger partial charge in [-0.3, -0.25) is 4.55 Å². The van der Waals surface area contributed by atoms with Crippen molar-refractivity contribution in [2.24, 2.45) is 0 Å². The van der Waals surface area contributed by atoms with Crippen molar-refractivity contribution in [1.82, 2.24) is 0 Å².